The van der Waals surface area contributed by atoms with Gasteiger partial charge in [0.05, 0.1) is 10.9 Å². The first-order valence-corrected chi connectivity index (χ1v) is 7.56. The van der Waals surface area contributed by atoms with Crippen LogP contribution in [0.4, 0.5) is 5.82 Å². The fourth-order valence-electron chi connectivity index (χ4n) is 1.56. The maximum atomic E-state index is 5.93. The third kappa shape index (κ3) is 3.43. The van der Waals surface area contributed by atoms with Gasteiger partial charge < -0.3 is 4.90 Å². The Hall–Kier alpha value is -0.650. The van der Waals surface area contributed by atoms with E-state index in [1.54, 1.807) is 11.3 Å². The van der Waals surface area contributed by atoms with Gasteiger partial charge >= 0.3 is 0 Å². The van der Waals surface area contributed by atoms with Crippen LogP contribution in [0.3, 0.4) is 0 Å². The van der Waals surface area contributed by atoms with E-state index in [2.05, 4.69) is 30.8 Å². The number of nitrogens with zero attached hydrogens (tertiary/aromatic N) is 3. The third-order valence-corrected chi connectivity index (χ3v) is 4.08. The van der Waals surface area contributed by atoms with Crippen LogP contribution < -0.4 is 4.90 Å². The van der Waals surface area contributed by atoms with Gasteiger partial charge in [0.25, 0.3) is 0 Å². The molecule has 0 bridgehead atoms. The Morgan fingerprint density at radius 3 is 2.78 bits per heavy atom. The minimum Gasteiger partial charge on any atom is -0.354 e. The number of thiophene rings is 1. The van der Waals surface area contributed by atoms with E-state index in [1.165, 1.54) is 4.88 Å². The molecule has 0 saturated heterocycles. The molecular weight excluding hydrogens is 334 g/mol. The molecule has 0 amide bonds. The van der Waals surface area contributed by atoms with Gasteiger partial charge in [-0.2, -0.15) is 0 Å². The van der Waals surface area contributed by atoms with E-state index in [4.69, 9.17) is 11.6 Å². The van der Waals surface area contributed by atoms with Crippen molar-refractivity contribution in [2.45, 2.75) is 19.9 Å². The lowest BCUT2D eigenvalue weighted by atomic mass is 10.4. The predicted molar refractivity (Wildman–Crippen MR) is 80.5 cm³/mol. The zero-order valence-electron chi connectivity index (χ0n) is 10.2. The molecular formula is C12H13BrClN3S. The fraction of sp³-hybridized carbons (Fsp3) is 0.333. The van der Waals surface area contributed by atoms with E-state index in [1.807, 2.05) is 32.2 Å². The van der Waals surface area contributed by atoms with Crippen LogP contribution in [0.25, 0.3) is 0 Å². The highest BCUT2D eigenvalue weighted by atomic mass is 79.9. The fourth-order valence-corrected chi connectivity index (χ4v) is 3.11. The molecule has 18 heavy (non-hydrogen) atoms. The highest BCUT2D eigenvalue weighted by Crippen LogP contribution is 2.24. The second-order valence-corrected chi connectivity index (χ2v) is 6.49. The van der Waals surface area contributed by atoms with Gasteiger partial charge in [-0.1, -0.05) is 18.5 Å². The topological polar surface area (TPSA) is 29.0 Å². The van der Waals surface area contributed by atoms with E-state index >= 15 is 0 Å². The Kier molecular flexibility index (Phi) is 4.59. The molecule has 3 nitrogen and oxygen atoms in total. The van der Waals surface area contributed by atoms with Crippen molar-refractivity contribution in [1.29, 1.82) is 0 Å². The molecule has 2 heterocycles. The summed E-state index contributed by atoms with van der Waals surface area (Å²) in [6.07, 6.45) is 0.825. The lowest BCUT2D eigenvalue weighted by Crippen LogP contribution is -2.18. The Balaban J connectivity index is 2.17. The maximum absolute atomic E-state index is 5.93. The molecule has 2 aromatic heterocycles. The summed E-state index contributed by atoms with van der Waals surface area (Å²) in [7, 11) is 2.02. The van der Waals surface area contributed by atoms with Gasteiger partial charge in [-0.25, -0.2) is 9.97 Å². The molecule has 6 heteroatoms. The molecule has 2 rings (SSSR count). The molecule has 0 radical (unpaired) electrons. The van der Waals surface area contributed by atoms with E-state index in [0.29, 0.717) is 0 Å². The molecule has 0 aliphatic heterocycles. The van der Waals surface area contributed by atoms with Crippen molar-refractivity contribution in [1.82, 2.24) is 9.97 Å². The normalized spacial score (nSPS) is 10.7. The molecule has 0 aromatic carbocycles. The molecule has 96 valence electrons. The number of halogens is 2. The molecule has 0 unspecified atom stereocenters. The molecule has 0 saturated carbocycles. The van der Waals surface area contributed by atoms with Crippen LogP contribution in [-0.2, 0) is 13.0 Å². The van der Waals surface area contributed by atoms with Gasteiger partial charge in [0.2, 0.25) is 0 Å². The first kappa shape index (κ1) is 13.8. The van der Waals surface area contributed by atoms with Gasteiger partial charge in [-0.3, -0.25) is 0 Å². The highest BCUT2D eigenvalue weighted by Gasteiger charge is 2.08. The number of hydrogen-bond acceptors (Lipinski definition) is 4. The molecule has 0 fully saturated rings. The van der Waals surface area contributed by atoms with Gasteiger partial charge in [0.1, 0.15) is 16.2 Å². The summed E-state index contributed by atoms with van der Waals surface area (Å²) in [6.45, 7) is 2.84. The van der Waals surface area contributed by atoms with Crippen LogP contribution in [0.5, 0.6) is 0 Å². The van der Waals surface area contributed by atoms with E-state index in [0.717, 1.165) is 33.5 Å². The first-order chi connectivity index (χ1) is 8.58. The number of anilines is 1. The van der Waals surface area contributed by atoms with Crippen molar-refractivity contribution in [3.8, 4) is 0 Å². The number of rotatable bonds is 4. The number of aromatic nitrogens is 2. The summed E-state index contributed by atoms with van der Waals surface area (Å²) in [6, 6.07) is 5.89. The quantitative estimate of drug-likeness (QED) is 0.779. The summed E-state index contributed by atoms with van der Waals surface area (Å²) < 4.78 is 1.64. The van der Waals surface area contributed by atoms with Crippen molar-refractivity contribution in [2.24, 2.45) is 0 Å². The molecule has 0 aliphatic carbocycles. The summed E-state index contributed by atoms with van der Waals surface area (Å²) in [5.41, 5.74) is 0. The lowest BCUT2D eigenvalue weighted by molar-refractivity contribution is 0.860. The second kappa shape index (κ2) is 5.99. The summed E-state index contributed by atoms with van der Waals surface area (Å²) >= 11 is 10.9. The maximum Gasteiger partial charge on any atom is 0.133 e. The van der Waals surface area contributed by atoms with Crippen LogP contribution in [-0.4, -0.2) is 17.0 Å². The first-order valence-electron chi connectivity index (χ1n) is 5.57. The highest BCUT2D eigenvalue weighted by molar-refractivity contribution is 9.10. The van der Waals surface area contributed by atoms with Gasteiger partial charge in [0, 0.05) is 24.4 Å². The molecule has 0 spiro atoms. The van der Waals surface area contributed by atoms with Crippen LogP contribution in [0.1, 0.15) is 17.6 Å². The van der Waals surface area contributed by atoms with Crippen LogP contribution in [0.2, 0.25) is 4.34 Å². The Morgan fingerprint density at radius 1 is 1.39 bits per heavy atom. The van der Waals surface area contributed by atoms with Crippen molar-refractivity contribution in [3.05, 3.63) is 37.8 Å². The second-order valence-electron chi connectivity index (χ2n) is 3.88. The predicted octanol–water partition coefficient (Wildman–Crippen LogP) is 4.15. The number of hydrogen-bond donors (Lipinski definition) is 0. The van der Waals surface area contributed by atoms with Crippen molar-refractivity contribution >= 4 is 44.7 Å². The van der Waals surface area contributed by atoms with Gasteiger partial charge in [-0.05, 0) is 28.1 Å². The minimum absolute atomic E-state index is 0.796. The average molecular weight is 347 g/mol. The summed E-state index contributed by atoms with van der Waals surface area (Å²) in [4.78, 5) is 12.1. The van der Waals surface area contributed by atoms with Crippen LogP contribution >= 0.6 is 38.9 Å². The lowest BCUT2D eigenvalue weighted by Gasteiger charge is -2.17. The zero-order valence-corrected chi connectivity index (χ0v) is 13.3. The average Bonchev–Trinajstić information content (AvgIpc) is 2.73. The summed E-state index contributed by atoms with van der Waals surface area (Å²) in [5, 5.41) is 0. The molecule has 0 N–H and O–H groups in total. The smallest absolute Gasteiger partial charge is 0.133 e. The van der Waals surface area contributed by atoms with E-state index < -0.39 is 0 Å². The monoisotopic (exact) mass is 345 g/mol. The standard InChI is InChI=1S/C12H13BrClN3S/c1-3-11-15-9(13)6-12(16-11)17(2)7-8-4-5-10(14)18-8/h4-6H,3,7H2,1-2H3. The molecule has 2 aromatic rings. The van der Waals surface area contributed by atoms with E-state index in [-0.39, 0.29) is 0 Å². The van der Waals surface area contributed by atoms with Crippen molar-refractivity contribution < 1.29 is 0 Å². The summed E-state index contributed by atoms with van der Waals surface area (Å²) in [5.74, 6) is 1.76. The van der Waals surface area contributed by atoms with Crippen LogP contribution in [0, 0.1) is 0 Å². The van der Waals surface area contributed by atoms with Crippen molar-refractivity contribution in [2.75, 3.05) is 11.9 Å². The van der Waals surface area contributed by atoms with Crippen LogP contribution in [0.15, 0.2) is 22.8 Å². The SMILES string of the molecule is CCc1nc(Br)cc(N(C)Cc2ccc(Cl)s2)n1. The Bertz CT molecular complexity index is 544. The minimum atomic E-state index is 0.796. The Labute approximate surface area is 124 Å². The zero-order chi connectivity index (χ0) is 13.1. The molecule has 0 aliphatic rings. The largest absolute Gasteiger partial charge is 0.354 e. The van der Waals surface area contributed by atoms with Crippen molar-refractivity contribution in [3.63, 3.8) is 0 Å². The van der Waals surface area contributed by atoms with E-state index in [9.17, 15) is 0 Å². The Morgan fingerprint density at radius 2 is 2.17 bits per heavy atom. The third-order valence-electron chi connectivity index (χ3n) is 2.46. The van der Waals surface area contributed by atoms with Gasteiger partial charge in [0.15, 0.2) is 0 Å². The molecule has 0 atom stereocenters. The van der Waals surface area contributed by atoms with Gasteiger partial charge in [-0.15, -0.1) is 11.3 Å². The number of aryl methyl sites for hydroxylation is 1.